The van der Waals surface area contributed by atoms with Crippen LogP contribution in [0.4, 0.5) is 0 Å². The highest BCUT2D eigenvalue weighted by atomic mass is 32.2. The molecule has 0 bridgehead atoms. The Kier molecular flexibility index (Phi) is 4.98. The molecule has 0 N–H and O–H groups in total. The molecule has 2 unspecified atom stereocenters. The molecular formula is C10H14O3S2. The van der Waals surface area contributed by atoms with Gasteiger partial charge in [0.15, 0.2) is 0 Å². The second-order valence-electron chi connectivity index (χ2n) is 3.25. The lowest BCUT2D eigenvalue weighted by molar-refractivity contribution is -0.140. The van der Waals surface area contributed by atoms with E-state index in [1.807, 2.05) is 16.8 Å². The zero-order chi connectivity index (χ0) is 11.3. The first kappa shape index (κ1) is 12.4. The average Bonchev–Trinajstić information content (AvgIpc) is 2.70. The number of hydrogen-bond acceptors (Lipinski definition) is 4. The van der Waals surface area contributed by atoms with E-state index in [1.165, 1.54) is 7.11 Å². The zero-order valence-electron chi connectivity index (χ0n) is 8.76. The summed E-state index contributed by atoms with van der Waals surface area (Å²) in [4.78, 5) is 11.0. The molecule has 0 saturated heterocycles. The SMILES string of the molecule is COC(=O)CC(C)S(=O)Cc1ccsc1. The Morgan fingerprint density at radius 3 is 2.93 bits per heavy atom. The third-order valence-electron chi connectivity index (χ3n) is 2.02. The van der Waals surface area contributed by atoms with Gasteiger partial charge in [0.1, 0.15) is 0 Å². The summed E-state index contributed by atoms with van der Waals surface area (Å²) in [5.74, 6) is 0.211. The van der Waals surface area contributed by atoms with Crippen molar-refractivity contribution in [3.63, 3.8) is 0 Å². The van der Waals surface area contributed by atoms with Crippen LogP contribution in [-0.2, 0) is 26.1 Å². The minimum absolute atomic E-state index is 0.155. The number of rotatable bonds is 5. The zero-order valence-corrected chi connectivity index (χ0v) is 10.4. The Morgan fingerprint density at radius 1 is 1.67 bits per heavy atom. The van der Waals surface area contributed by atoms with Crippen molar-refractivity contribution in [1.29, 1.82) is 0 Å². The van der Waals surface area contributed by atoms with Crippen molar-refractivity contribution >= 4 is 28.1 Å². The van der Waals surface area contributed by atoms with Gasteiger partial charge in [-0.3, -0.25) is 9.00 Å². The molecule has 0 aliphatic carbocycles. The molecule has 0 amide bonds. The lowest BCUT2D eigenvalue weighted by atomic mass is 10.3. The molecule has 0 spiro atoms. The van der Waals surface area contributed by atoms with Crippen LogP contribution in [0.3, 0.4) is 0 Å². The van der Waals surface area contributed by atoms with Crippen molar-refractivity contribution in [2.75, 3.05) is 7.11 Å². The summed E-state index contributed by atoms with van der Waals surface area (Å²) >= 11 is 1.59. The van der Waals surface area contributed by atoms with Gasteiger partial charge in [-0.25, -0.2) is 0 Å². The third-order valence-corrected chi connectivity index (χ3v) is 4.43. The molecule has 1 aromatic heterocycles. The van der Waals surface area contributed by atoms with E-state index in [-0.39, 0.29) is 17.6 Å². The fourth-order valence-corrected chi connectivity index (χ4v) is 2.98. The summed E-state index contributed by atoms with van der Waals surface area (Å²) in [6.45, 7) is 1.80. The Labute approximate surface area is 95.9 Å². The standard InChI is InChI=1S/C10H14O3S2/c1-8(5-10(11)13-2)15(12)7-9-3-4-14-6-9/h3-4,6,8H,5,7H2,1-2H3. The fourth-order valence-electron chi connectivity index (χ4n) is 1.09. The maximum Gasteiger partial charge on any atom is 0.306 e. The predicted octanol–water partition coefficient (Wildman–Crippen LogP) is 1.95. The van der Waals surface area contributed by atoms with Crippen LogP contribution in [0.25, 0.3) is 0 Å². The molecule has 0 saturated carbocycles. The largest absolute Gasteiger partial charge is 0.469 e. The highest BCUT2D eigenvalue weighted by Gasteiger charge is 2.16. The monoisotopic (exact) mass is 246 g/mol. The normalized spacial score (nSPS) is 14.5. The lowest BCUT2D eigenvalue weighted by Crippen LogP contribution is -2.18. The number of ether oxygens (including phenoxy) is 1. The van der Waals surface area contributed by atoms with E-state index in [0.29, 0.717) is 5.75 Å². The fraction of sp³-hybridized carbons (Fsp3) is 0.500. The van der Waals surface area contributed by atoms with Crippen LogP contribution in [0, 0.1) is 0 Å². The van der Waals surface area contributed by atoms with E-state index >= 15 is 0 Å². The topological polar surface area (TPSA) is 43.4 Å². The molecular weight excluding hydrogens is 232 g/mol. The lowest BCUT2D eigenvalue weighted by Gasteiger charge is -2.08. The molecule has 1 aromatic rings. The number of carbonyl (C=O) groups excluding carboxylic acids is 1. The third kappa shape index (κ3) is 4.13. The number of thiophene rings is 1. The van der Waals surface area contributed by atoms with Crippen molar-refractivity contribution < 1.29 is 13.7 Å². The highest BCUT2D eigenvalue weighted by molar-refractivity contribution is 7.84. The minimum atomic E-state index is -1.01. The van der Waals surface area contributed by atoms with Crippen LogP contribution in [0.1, 0.15) is 18.9 Å². The Hall–Kier alpha value is -0.680. The van der Waals surface area contributed by atoms with Gasteiger partial charge >= 0.3 is 5.97 Å². The summed E-state index contributed by atoms with van der Waals surface area (Å²) in [6, 6.07) is 1.95. The van der Waals surface area contributed by atoms with Crippen LogP contribution in [0.2, 0.25) is 0 Å². The van der Waals surface area contributed by atoms with Gasteiger partial charge in [0, 0.05) is 21.8 Å². The van der Waals surface area contributed by atoms with E-state index in [0.717, 1.165) is 5.56 Å². The summed E-state index contributed by atoms with van der Waals surface area (Å²) in [7, 11) is 0.334. The maximum absolute atomic E-state index is 11.8. The molecule has 5 heteroatoms. The Morgan fingerprint density at radius 2 is 2.40 bits per heavy atom. The first-order valence-electron chi connectivity index (χ1n) is 4.58. The van der Waals surface area contributed by atoms with Crippen LogP contribution in [0.5, 0.6) is 0 Å². The molecule has 84 valence electrons. The van der Waals surface area contributed by atoms with Gasteiger partial charge in [0.2, 0.25) is 0 Å². The molecule has 0 radical (unpaired) electrons. The smallest absolute Gasteiger partial charge is 0.306 e. The van der Waals surface area contributed by atoms with Crippen molar-refractivity contribution in [2.24, 2.45) is 0 Å². The first-order valence-corrected chi connectivity index (χ1v) is 6.91. The van der Waals surface area contributed by atoms with E-state index < -0.39 is 10.8 Å². The number of esters is 1. The Balaban J connectivity index is 2.43. The van der Waals surface area contributed by atoms with Gasteiger partial charge in [-0.2, -0.15) is 11.3 Å². The van der Waals surface area contributed by atoms with E-state index in [4.69, 9.17) is 0 Å². The van der Waals surface area contributed by atoms with E-state index in [1.54, 1.807) is 18.3 Å². The molecule has 0 fully saturated rings. The molecule has 15 heavy (non-hydrogen) atoms. The van der Waals surface area contributed by atoms with Crippen LogP contribution in [0.15, 0.2) is 16.8 Å². The highest BCUT2D eigenvalue weighted by Crippen LogP contribution is 2.12. The molecule has 0 aliphatic heterocycles. The van der Waals surface area contributed by atoms with Crippen molar-refractivity contribution in [3.05, 3.63) is 22.4 Å². The minimum Gasteiger partial charge on any atom is -0.469 e. The van der Waals surface area contributed by atoms with Gasteiger partial charge in [0.05, 0.1) is 13.5 Å². The molecule has 0 aliphatic rings. The van der Waals surface area contributed by atoms with Crippen LogP contribution in [-0.4, -0.2) is 22.5 Å². The van der Waals surface area contributed by atoms with E-state index in [2.05, 4.69) is 4.74 Å². The predicted molar refractivity (Wildman–Crippen MR) is 62.3 cm³/mol. The van der Waals surface area contributed by atoms with Crippen LogP contribution >= 0.6 is 11.3 Å². The van der Waals surface area contributed by atoms with Crippen molar-refractivity contribution in [1.82, 2.24) is 0 Å². The number of methoxy groups -OCH3 is 1. The quantitative estimate of drug-likeness (QED) is 0.746. The molecule has 2 atom stereocenters. The van der Waals surface area contributed by atoms with Gasteiger partial charge in [-0.05, 0) is 22.4 Å². The number of hydrogen-bond donors (Lipinski definition) is 0. The average molecular weight is 246 g/mol. The molecule has 1 heterocycles. The summed E-state index contributed by atoms with van der Waals surface area (Å²) < 4.78 is 16.3. The molecule has 0 aromatic carbocycles. The van der Waals surface area contributed by atoms with Gasteiger partial charge in [0.25, 0.3) is 0 Å². The first-order chi connectivity index (χ1) is 7.13. The molecule has 3 nitrogen and oxygen atoms in total. The summed E-state index contributed by atoms with van der Waals surface area (Å²) in [6.07, 6.45) is 0.216. The second-order valence-corrected chi connectivity index (χ2v) is 5.88. The molecule has 1 rings (SSSR count). The second kappa shape index (κ2) is 6.02. The Bertz CT molecular complexity index is 332. The number of carbonyl (C=O) groups is 1. The van der Waals surface area contributed by atoms with Gasteiger partial charge < -0.3 is 4.74 Å². The van der Waals surface area contributed by atoms with E-state index in [9.17, 15) is 9.00 Å². The van der Waals surface area contributed by atoms with Gasteiger partial charge in [-0.15, -0.1) is 0 Å². The summed E-state index contributed by atoms with van der Waals surface area (Å²) in [5, 5.41) is 3.78. The summed E-state index contributed by atoms with van der Waals surface area (Å²) in [5.41, 5.74) is 1.06. The van der Waals surface area contributed by atoms with Crippen molar-refractivity contribution in [2.45, 2.75) is 24.3 Å². The van der Waals surface area contributed by atoms with Crippen LogP contribution < -0.4 is 0 Å². The van der Waals surface area contributed by atoms with Gasteiger partial charge in [-0.1, -0.05) is 6.92 Å². The van der Waals surface area contributed by atoms with Crippen molar-refractivity contribution in [3.8, 4) is 0 Å². The maximum atomic E-state index is 11.8.